The van der Waals surface area contributed by atoms with E-state index in [1.807, 2.05) is 17.9 Å². The lowest BCUT2D eigenvalue weighted by Crippen LogP contribution is -2.23. The fourth-order valence-electron chi connectivity index (χ4n) is 1.84. The van der Waals surface area contributed by atoms with E-state index in [4.69, 9.17) is 11.6 Å². The molecule has 7 heteroatoms. The first-order valence-electron chi connectivity index (χ1n) is 5.44. The van der Waals surface area contributed by atoms with Gasteiger partial charge in [-0.3, -0.25) is 10.1 Å². The Bertz CT molecular complexity index is 478. The largest absolute Gasteiger partial charge is 0.354 e. The molecule has 1 aliphatic heterocycles. The van der Waals surface area contributed by atoms with Gasteiger partial charge in [0.2, 0.25) is 0 Å². The predicted octanol–water partition coefficient (Wildman–Crippen LogP) is 2.92. The number of aromatic nitrogens is 1. The number of thioether (sulfide) groups is 1. The average Bonchev–Trinajstić information content (AvgIpc) is 2.76. The van der Waals surface area contributed by atoms with Crippen LogP contribution in [0.2, 0.25) is 5.15 Å². The number of nitrogens with zero attached hydrogens (tertiary/aromatic N) is 3. The molecule has 96 valence electrons. The summed E-state index contributed by atoms with van der Waals surface area (Å²) in [5.41, 5.74) is 0.996. The third kappa shape index (κ3) is 2.94. The lowest BCUT2D eigenvalue weighted by molar-refractivity contribution is -0.403. The fourth-order valence-corrected chi connectivity index (χ4v) is 3.03. The van der Waals surface area contributed by atoms with Gasteiger partial charge in [-0.15, -0.1) is 11.8 Å². The van der Waals surface area contributed by atoms with Crippen LogP contribution in [0.25, 0.3) is 0 Å². The van der Waals surface area contributed by atoms with E-state index >= 15 is 0 Å². The minimum absolute atomic E-state index is 0.0518. The van der Waals surface area contributed by atoms with Crippen molar-refractivity contribution in [2.24, 2.45) is 0 Å². The van der Waals surface area contributed by atoms with Gasteiger partial charge in [0.25, 0.3) is 6.20 Å². The summed E-state index contributed by atoms with van der Waals surface area (Å²) in [5, 5.41) is 11.7. The lowest BCUT2D eigenvalue weighted by atomic mass is 10.1. The van der Waals surface area contributed by atoms with Crippen molar-refractivity contribution in [1.82, 2.24) is 9.88 Å². The highest BCUT2D eigenvalue weighted by Gasteiger charge is 2.26. The standard InChI is InChI=1S/C11H12ClN3O2S/c1-8(9-2-3-10(12)13-6-9)14-4-5-18-11(14)7-15(16)17/h2-3,6-8H,4-5H2,1H3. The molecule has 2 heterocycles. The molecule has 1 aromatic rings. The smallest absolute Gasteiger partial charge is 0.264 e. The molecule has 2 rings (SSSR count). The summed E-state index contributed by atoms with van der Waals surface area (Å²) in [6.07, 6.45) is 2.78. The molecule has 0 radical (unpaired) electrons. The van der Waals surface area contributed by atoms with Crippen molar-refractivity contribution in [2.45, 2.75) is 13.0 Å². The van der Waals surface area contributed by atoms with Crippen LogP contribution < -0.4 is 0 Å². The minimum Gasteiger partial charge on any atom is -0.354 e. The van der Waals surface area contributed by atoms with Crippen LogP contribution in [-0.2, 0) is 0 Å². The van der Waals surface area contributed by atoms with Crippen LogP contribution in [0, 0.1) is 10.1 Å². The van der Waals surface area contributed by atoms with Gasteiger partial charge in [-0.2, -0.15) is 0 Å². The average molecular weight is 286 g/mol. The van der Waals surface area contributed by atoms with Crippen molar-refractivity contribution >= 4 is 23.4 Å². The summed E-state index contributed by atoms with van der Waals surface area (Å²) < 4.78 is 0. The first kappa shape index (κ1) is 13.2. The molecule has 1 aromatic heterocycles. The maximum atomic E-state index is 10.6. The SMILES string of the molecule is CC(c1ccc(Cl)nc1)N1CCSC1=C[N+](=O)[O-]. The van der Waals surface area contributed by atoms with Gasteiger partial charge in [0.05, 0.1) is 11.0 Å². The van der Waals surface area contributed by atoms with Crippen molar-refractivity contribution in [2.75, 3.05) is 12.3 Å². The highest BCUT2D eigenvalue weighted by molar-refractivity contribution is 8.03. The van der Waals surface area contributed by atoms with Crippen molar-refractivity contribution in [3.8, 4) is 0 Å². The van der Waals surface area contributed by atoms with Crippen molar-refractivity contribution < 1.29 is 4.92 Å². The van der Waals surface area contributed by atoms with E-state index in [9.17, 15) is 10.1 Å². The number of pyridine rings is 1. The zero-order valence-electron chi connectivity index (χ0n) is 9.75. The molecule has 1 aliphatic rings. The Kier molecular flexibility index (Phi) is 4.08. The Morgan fingerprint density at radius 1 is 1.67 bits per heavy atom. The van der Waals surface area contributed by atoms with Crippen molar-refractivity contribution in [3.05, 3.63) is 50.4 Å². The molecule has 1 atom stereocenters. The van der Waals surface area contributed by atoms with Gasteiger partial charge in [0, 0.05) is 18.5 Å². The Balaban J connectivity index is 2.20. The topological polar surface area (TPSA) is 59.3 Å². The third-order valence-corrected chi connectivity index (χ3v) is 4.03. The third-order valence-electron chi connectivity index (χ3n) is 2.78. The van der Waals surface area contributed by atoms with Crippen molar-refractivity contribution in [1.29, 1.82) is 0 Å². The second-order valence-electron chi connectivity index (χ2n) is 3.88. The van der Waals surface area contributed by atoms with Gasteiger partial charge in [-0.05, 0) is 18.6 Å². The van der Waals surface area contributed by atoms with Crippen LogP contribution >= 0.6 is 23.4 Å². The summed E-state index contributed by atoms with van der Waals surface area (Å²) in [6.45, 7) is 2.80. The maximum Gasteiger partial charge on any atom is 0.264 e. The van der Waals surface area contributed by atoms with E-state index in [0.717, 1.165) is 24.1 Å². The second kappa shape index (κ2) is 5.58. The van der Waals surface area contributed by atoms with Crippen LogP contribution in [0.5, 0.6) is 0 Å². The van der Waals surface area contributed by atoms with E-state index in [1.165, 1.54) is 11.8 Å². The first-order valence-corrected chi connectivity index (χ1v) is 6.80. The van der Waals surface area contributed by atoms with Gasteiger partial charge < -0.3 is 4.90 Å². The molecule has 5 nitrogen and oxygen atoms in total. The van der Waals surface area contributed by atoms with Crippen LogP contribution in [0.1, 0.15) is 18.5 Å². The molecule has 1 fully saturated rings. The number of hydrogen-bond acceptors (Lipinski definition) is 5. The number of rotatable bonds is 3. The van der Waals surface area contributed by atoms with Crippen molar-refractivity contribution in [3.63, 3.8) is 0 Å². The zero-order chi connectivity index (χ0) is 13.1. The summed E-state index contributed by atoms with van der Waals surface area (Å²) in [7, 11) is 0. The van der Waals surface area contributed by atoms with E-state index < -0.39 is 4.92 Å². The molecular formula is C11H12ClN3O2S. The molecule has 18 heavy (non-hydrogen) atoms. The molecule has 0 amide bonds. The van der Waals surface area contributed by atoms with Gasteiger partial charge in [-0.25, -0.2) is 4.98 Å². The summed E-state index contributed by atoms with van der Waals surface area (Å²) in [5.74, 6) is 0.866. The number of nitro groups is 1. The van der Waals surface area contributed by atoms with Gasteiger partial charge in [0.15, 0.2) is 0 Å². The number of hydrogen-bond donors (Lipinski definition) is 0. The molecule has 1 unspecified atom stereocenters. The molecule has 0 aliphatic carbocycles. The highest BCUT2D eigenvalue weighted by atomic mass is 35.5. The normalized spacial score (nSPS) is 19.2. The lowest BCUT2D eigenvalue weighted by Gasteiger charge is -2.25. The highest BCUT2D eigenvalue weighted by Crippen LogP contribution is 2.35. The molecule has 0 spiro atoms. The molecule has 0 bridgehead atoms. The Morgan fingerprint density at radius 2 is 2.44 bits per heavy atom. The minimum atomic E-state index is -0.409. The van der Waals surface area contributed by atoms with Gasteiger partial charge in [0.1, 0.15) is 10.2 Å². The van der Waals surface area contributed by atoms with Crippen LogP contribution in [0.4, 0.5) is 0 Å². The molecule has 0 aromatic carbocycles. The Labute approximate surface area is 114 Å². The van der Waals surface area contributed by atoms with Crippen LogP contribution in [-0.4, -0.2) is 27.1 Å². The van der Waals surface area contributed by atoms with E-state index in [2.05, 4.69) is 4.98 Å². The molecule has 0 N–H and O–H groups in total. The van der Waals surface area contributed by atoms with Gasteiger partial charge >= 0.3 is 0 Å². The molecule has 1 saturated heterocycles. The maximum absolute atomic E-state index is 10.6. The van der Waals surface area contributed by atoms with E-state index in [1.54, 1.807) is 12.3 Å². The summed E-state index contributed by atoms with van der Waals surface area (Å²) in [4.78, 5) is 16.2. The predicted molar refractivity (Wildman–Crippen MR) is 71.9 cm³/mol. The summed E-state index contributed by atoms with van der Waals surface area (Å²) >= 11 is 7.25. The van der Waals surface area contributed by atoms with E-state index in [-0.39, 0.29) is 6.04 Å². The van der Waals surface area contributed by atoms with Gasteiger partial charge in [-0.1, -0.05) is 17.7 Å². The second-order valence-corrected chi connectivity index (χ2v) is 5.39. The fraction of sp³-hybridized carbons (Fsp3) is 0.364. The Morgan fingerprint density at radius 3 is 3.06 bits per heavy atom. The number of halogens is 1. The molecular weight excluding hydrogens is 274 g/mol. The van der Waals surface area contributed by atoms with E-state index in [0.29, 0.717) is 10.2 Å². The zero-order valence-corrected chi connectivity index (χ0v) is 11.3. The quantitative estimate of drug-likeness (QED) is 0.485. The van der Waals surface area contributed by atoms with Crippen LogP contribution in [0.15, 0.2) is 29.6 Å². The van der Waals surface area contributed by atoms with Crippen LogP contribution in [0.3, 0.4) is 0 Å². The monoisotopic (exact) mass is 285 g/mol. The summed E-state index contributed by atoms with van der Waals surface area (Å²) in [6, 6.07) is 3.68. The molecule has 0 saturated carbocycles. The Hall–Kier alpha value is -1.27. The first-order chi connectivity index (χ1) is 8.58.